The van der Waals surface area contributed by atoms with Crippen LogP contribution in [0.1, 0.15) is 22.8 Å². The predicted molar refractivity (Wildman–Crippen MR) is 143 cm³/mol. The molecule has 9 heteroatoms. The standard InChI is InChI=1S/C29H28N2O6S/c1-3-4-10-19-37-24-15-17-25(18-16-24)38(34,35)31-20-23-13-8-9-14-26(23)30(21-27(31)29(33)36-2)28(32)22-11-6-5-7-12-22/h3,5-18,27H,19-21H2,1-2H3. The molecule has 0 aromatic heterocycles. The molecule has 0 bridgehead atoms. The van der Waals surface area contributed by atoms with E-state index in [0.29, 0.717) is 22.6 Å². The highest BCUT2D eigenvalue weighted by Gasteiger charge is 2.42. The fourth-order valence-corrected chi connectivity index (χ4v) is 5.75. The summed E-state index contributed by atoms with van der Waals surface area (Å²) in [6, 6.07) is 20.4. The summed E-state index contributed by atoms with van der Waals surface area (Å²) >= 11 is 0. The molecule has 8 nitrogen and oxygen atoms in total. The first-order valence-corrected chi connectivity index (χ1v) is 13.4. The van der Waals surface area contributed by atoms with Crippen LogP contribution in [0.3, 0.4) is 0 Å². The molecule has 4 rings (SSSR count). The summed E-state index contributed by atoms with van der Waals surface area (Å²) in [6.07, 6.45) is 3.47. The van der Waals surface area contributed by atoms with Crippen LogP contribution >= 0.6 is 0 Å². The van der Waals surface area contributed by atoms with E-state index in [9.17, 15) is 18.0 Å². The quantitative estimate of drug-likeness (QED) is 0.335. The molecule has 1 aliphatic heterocycles. The minimum absolute atomic E-state index is 0.0110. The first-order valence-electron chi connectivity index (χ1n) is 12.0. The maximum atomic E-state index is 13.9. The van der Waals surface area contributed by atoms with Crippen LogP contribution in [0, 0.1) is 0 Å². The van der Waals surface area contributed by atoms with Gasteiger partial charge in [0, 0.05) is 17.8 Å². The summed E-state index contributed by atoms with van der Waals surface area (Å²) in [5.41, 5.74) is 4.44. The Hall–Kier alpha value is -4.17. The molecule has 3 aromatic rings. The van der Waals surface area contributed by atoms with Gasteiger partial charge in [-0.25, -0.2) is 8.42 Å². The number of anilines is 1. The fraction of sp³-hybridized carbons (Fsp3) is 0.207. The Balaban J connectivity index is 1.72. The topological polar surface area (TPSA) is 93.2 Å². The third-order valence-corrected chi connectivity index (χ3v) is 7.97. The van der Waals surface area contributed by atoms with Crippen molar-refractivity contribution in [3.05, 3.63) is 108 Å². The zero-order valence-electron chi connectivity index (χ0n) is 21.1. The monoisotopic (exact) mass is 532 g/mol. The minimum atomic E-state index is -4.18. The van der Waals surface area contributed by atoms with Crippen LogP contribution in [-0.2, 0) is 26.1 Å². The van der Waals surface area contributed by atoms with Crippen molar-refractivity contribution in [2.45, 2.75) is 24.4 Å². The van der Waals surface area contributed by atoms with Crippen molar-refractivity contribution in [3.63, 3.8) is 0 Å². The molecule has 1 heterocycles. The van der Waals surface area contributed by atoms with E-state index in [1.807, 2.05) is 6.92 Å². The average Bonchev–Trinajstić information content (AvgIpc) is 3.13. The van der Waals surface area contributed by atoms with Crippen LogP contribution < -0.4 is 9.64 Å². The molecule has 196 valence electrons. The summed E-state index contributed by atoms with van der Waals surface area (Å²) in [5, 5.41) is 0. The van der Waals surface area contributed by atoms with Crippen molar-refractivity contribution in [2.75, 3.05) is 25.2 Å². The molecule has 38 heavy (non-hydrogen) atoms. The molecule has 0 spiro atoms. The zero-order valence-corrected chi connectivity index (χ0v) is 21.9. The predicted octanol–water partition coefficient (Wildman–Crippen LogP) is 4.19. The highest BCUT2D eigenvalue weighted by Crippen LogP contribution is 2.32. The number of nitrogens with zero attached hydrogens (tertiary/aromatic N) is 2. The number of carbonyl (C=O) groups is 2. The van der Waals surface area contributed by atoms with E-state index in [1.165, 1.54) is 24.1 Å². The van der Waals surface area contributed by atoms with E-state index in [4.69, 9.17) is 9.47 Å². The first-order chi connectivity index (χ1) is 18.4. The van der Waals surface area contributed by atoms with Crippen molar-refractivity contribution in [3.8, 4) is 5.75 Å². The maximum absolute atomic E-state index is 13.9. The average molecular weight is 533 g/mol. The number of esters is 1. The van der Waals surface area contributed by atoms with Crippen LogP contribution in [0.15, 0.2) is 102 Å². The lowest BCUT2D eigenvalue weighted by atomic mass is 10.1. The molecular formula is C29H28N2O6S. The lowest BCUT2D eigenvalue weighted by Gasteiger charge is -2.29. The van der Waals surface area contributed by atoms with Gasteiger partial charge in [-0.2, -0.15) is 4.31 Å². The van der Waals surface area contributed by atoms with Gasteiger partial charge in [0.25, 0.3) is 5.91 Å². The number of para-hydroxylation sites is 1. The van der Waals surface area contributed by atoms with Crippen molar-refractivity contribution < 1.29 is 27.5 Å². The Morgan fingerprint density at radius 3 is 2.37 bits per heavy atom. The summed E-state index contributed by atoms with van der Waals surface area (Å²) in [6.45, 7) is 1.79. The minimum Gasteiger partial charge on any atom is -0.489 e. The lowest BCUT2D eigenvalue weighted by Crippen LogP contribution is -2.50. The molecule has 3 aromatic carbocycles. The third-order valence-electron chi connectivity index (χ3n) is 6.10. The van der Waals surface area contributed by atoms with E-state index in [2.05, 4.69) is 5.73 Å². The number of ether oxygens (including phenoxy) is 2. The van der Waals surface area contributed by atoms with Gasteiger partial charge >= 0.3 is 5.97 Å². The van der Waals surface area contributed by atoms with E-state index >= 15 is 0 Å². The number of rotatable bonds is 7. The maximum Gasteiger partial charge on any atom is 0.326 e. The molecule has 0 saturated heterocycles. The van der Waals surface area contributed by atoms with Gasteiger partial charge in [0.15, 0.2) is 0 Å². The Labute approximate surface area is 222 Å². The molecule has 0 N–H and O–H groups in total. The van der Waals surface area contributed by atoms with Crippen molar-refractivity contribution in [2.24, 2.45) is 0 Å². The fourth-order valence-electron chi connectivity index (χ4n) is 4.20. The normalized spacial score (nSPS) is 15.4. The second-order valence-electron chi connectivity index (χ2n) is 8.44. The van der Waals surface area contributed by atoms with Crippen LogP contribution in [0.25, 0.3) is 0 Å². The Bertz CT molecular complexity index is 1460. The van der Waals surface area contributed by atoms with Gasteiger partial charge in [0.05, 0.1) is 18.6 Å². The highest BCUT2D eigenvalue weighted by molar-refractivity contribution is 7.89. The van der Waals surface area contributed by atoms with E-state index < -0.39 is 22.0 Å². The van der Waals surface area contributed by atoms with Gasteiger partial charge in [-0.15, -0.1) is 5.73 Å². The van der Waals surface area contributed by atoms with Crippen molar-refractivity contribution in [1.29, 1.82) is 0 Å². The van der Waals surface area contributed by atoms with Gasteiger partial charge < -0.3 is 14.4 Å². The molecule has 0 saturated carbocycles. The van der Waals surface area contributed by atoms with Gasteiger partial charge in [0.1, 0.15) is 18.4 Å². The second kappa shape index (κ2) is 11.9. The summed E-state index contributed by atoms with van der Waals surface area (Å²) in [7, 11) is -2.98. The molecule has 0 aliphatic carbocycles. The Kier molecular flexibility index (Phi) is 8.43. The molecule has 1 aliphatic rings. The Morgan fingerprint density at radius 1 is 1.00 bits per heavy atom. The number of benzene rings is 3. The van der Waals surface area contributed by atoms with E-state index in [-0.39, 0.29) is 30.5 Å². The van der Waals surface area contributed by atoms with Gasteiger partial charge in [-0.05, 0) is 67.1 Å². The first kappa shape index (κ1) is 26.9. The summed E-state index contributed by atoms with van der Waals surface area (Å²) in [4.78, 5) is 28.0. The molecule has 1 amide bonds. The van der Waals surface area contributed by atoms with Gasteiger partial charge in [-0.3, -0.25) is 9.59 Å². The molecule has 0 fully saturated rings. The van der Waals surface area contributed by atoms with Crippen LogP contribution in [-0.4, -0.2) is 50.9 Å². The number of sulfonamides is 1. The Morgan fingerprint density at radius 2 is 1.68 bits per heavy atom. The number of carbonyl (C=O) groups excluding carboxylic acids is 2. The number of fused-ring (bicyclic) bond motifs is 1. The second-order valence-corrected chi connectivity index (χ2v) is 10.3. The summed E-state index contributed by atoms with van der Waals surface area (Å²) < 4.78 is 39.5. The van der Waals surface area contributed by atoms with E-state index in [0.717, 1.165) is 4.31 Å². The van der Waals surface area contributed by atoms with Crippen LogP contribution in [0.5, 0.6) is 5.75 Å². The molecule has 0 radical (unpaired) electrons. The zero-order chi connectivity index (χ0) is 27.1. The number of hydrogen-bond donors (Lipinski definition) is 0. The SMILES string of the molecule is CC=C=CCOc1ccc(S(=O)(=O)N2Cc3ccccc3N(C(=O)c3ccccc3)CC2C(=O)OC)cc1. The third kappa shape index (κ3) is 5.70. The molecule has 1 atom stereocenters. The van der Waals surface area contributed by atoms with E-state index in [1.54, 1.807) is 78.9 Å². The lowest BCUT2D eigenvalue weighted by molar-refractivity contribution is -0.144. The largest absolute Gasteiger partial charge is 0.489 e. The van der Waals surface area contributed by atoms with Crippen molar-refractivity contribution in [1.82, 2.24) is 4.31 Å². The van der Waals surface area contributed by atoms with Crippen molar-refractivity contribution >= 4 is 27.6 Å². The van der Waals surface area contributed by atoms with Gasteiger partial charge in [0.2, 0.25) is 10.0 Å². The number of methoxy groups -OCH3 is 1. The summed E-state index contributed by atoms with van der Waals surface area (Å²) in [5.74, 6) is -0.619. The van der Waals surface area contributed by atoms with Crippen LogP contribution in [0.4, 0.5) is 5.69 Å². The van der Waals surface area contributed by atoms with Crippen LogP contribution in [0.2, 0.25) is 0 Å². The molecular weight excluding hydrogens is 504 g/mol. The van der Waals surface area contributed by atoms with Gasteiger partial charge in [-0.1, -0.05) is 36.4 Å². The number of amides is 1. The number of hydrogen-bond acceptors (Lipinski definition) is 6. The smallest absolute Gasteiger partial charge is 0.326 e. The highest BCUT2D eigenvalue weighted by atomic mass is 32.2. The molecule has 1 unspecified atom stereocenters.